The molecule has 1 N–H and O–H groups in total. The average Bonchev–Trinajstić information content (AvgIpc) is 2.94. The van der Waals surface area contributed by atoms with Gasteiger partial charge in [0.25, 0.3) is 5.91 Å². The van der Waals surface area contributed by atoms with Gasteiger partial charge in [0, 0.05) is 51.9 Å². The molecular formula is C16H23N3O3. The highest BCUT2D eigenvalue weighted by Crippen LogP contribution is 2.43. The Morgan fingerprint density at radius 3 is 2.95 bits per heavy atom. The van der Waals surface area contributed by atoms with Crippen LogP contribution in [-0.2, 0) is 9.47 Å². The fraction of sp³-hybridized carbons (Fsp3) is 0.625. The number of carbonyl (C=O) groups excluding carboxylic acids is 1. The molecule has 1 aliphatic carbocycles. The van der Waals surface area contributed by atoms with Crippen molar-refractivity contribution in [1.82, 2.24) is 10.3 Å². The van der Waals surface area contributed by atoms with E-state index in [2.05, 4.69) is 10.3 Å². The molecular weight excluding hydrogens is 282 g/mol. The van der Waals surface area contributed by atoms with Gasteiger partial charge in [0.2, 0.25) is 0 Å². The lowest BCUT2D eigenvalue weighted by Gasteiger charge is -2.47. The van der Waals surface area contributed by atoms with Gasteiger partial charge in [0.05, 0.1) is 18.3 Å². The zero-order chi connectivity index (χ0) is 15.7. The fourth-order valence-corrected chi connectivity index (χ4v) is 3.45. The summed E-state index contributed by atoms with van der Waals surface area (Å²) in [6, 6.07) is 3.79. The summed E-state index contributed by atoms with van der Waals surface area (Å²) in [4.78, 5) is 18.6. The van der Waals surface area contributed by atoms with Gasteiger partial charge < -0.3 is 19.7 Å². The summed E-state index contributed by atoms with van der Waals surface area (Å²) >= 11 is 0. The first-order valence-corrected chi connectivity index (χ1v) is 7.66. The summed E-state index contributed by atoms with van der Waals surface area (Å²) in [5.41, 5.74) is 0.587. The van der Waals surface area contributed by atoms with Crippen LogP contribution in [0.2, 0.25) is 0 Å². The SMILES string of the molecule is COC[C@H]1[C@@H](NC(=O)c2ccc(N(C)C)nc2)[C@@H]2CCO[C@@H]21. The fourth-order valence-electron chi connectivity index (χ4n) is 3.45. The predicted molar refractivity (Wildman–Crippen MR) is 83.0 cm³/mol. The van der Waals surface area contributed by atoms with Crippen molar-refractivity contribution in [2.24, 2.45) is 11.8 Å². The molecule has 1 aromatic heterocycles. The van der Waals surface area contributed by atoms with E-state index >= 15 is 0 Å². The Kier molecular flexibility index (Phi) is 4.31. The van der Waals surface area contributed by atoms with Gasteiger partial charge in [-0.25, -0.2) is 4.98 Å². The Morgan fingerprint density at radius 1 is 1.50 bits per heavy atom. The first kappa shape index (κ1) is 15.2. The summed E-state index contributed by atoms with van der Waals surface area (Å²) in [5, 5.41) is 3.14. The van der Waals surface area contributed by atoms with Gasteiger partial charge in [-0.2, -0.15) is 0 Å². The molecule has 1 saturated carbocycles. The molecule has 0 aromatic carbocycles. The molecule has 4 atom stereocenters. The molecule has 0 spiro atoms. The first-order chi connectivity index (χ1) is 10.6. The Labute approximate surface area is 130 Å². The number of ether oxygens (including phenoxy) is 2. The predicted octanol–water partition coefficient (Wildman–Crippen LogP) is 0.927. The first-order valence-electron chi connectivity index (χ1n) is 7.66. The largest absolute Gasteiger partial charge is 0.384 e. The highest BCUT2D eigenvalue weighted by molar-refractivity contribution is 5.94. The molecule has 6 heteroatoms. The molecule has 120 valence electrons. The molecule has 0 bridgehead atoms. The number of rotatable bonds is 5. The van der Waals surface area contributed by atoms with Crippen molar-refractivity contribution in [2.75, 3.05) is 39.3 Å². The molecule has 22 heavy (non-hydrogen) atoms. The number of nitrogens with one attached hydrogen (secondary N) is 1. The third kappa shape index (κ3) is 2.68. The molecule has 1 saturated heterocycles. The van der Waals surface area contributed by atoms with Crippen LogP contribution in [0, 0.1) is 11.8 Å². The smallest absolute Gasteiger partial charge is 0.253 e. The van der Waals surface area contributed by atoms with Crippen molar-refractivity contribution in [1.29, 1.82) is 0 Å². The highest BCUT2D eigenvalue weighted by atomic mass is 16.5. The van der Waals surface area contributed by atoms with Crippen LogP contribution in [0.4, 0.5) is 5.82 Å². The van der Waals surface area contributed by atoms with Gasteiger partial charge >= 0.3 is 0 Å². The summed E-state index contributed by atoms with van der Waals surface area (Å²) in [7, 11) is 5.53. The van der Waals surface area contributed by atoms with E-state index < -0.39 is 0 Å². The minimum absolute atomic E-state index is 0.0748. The van der Waals surface area contributed by atoms with Gasteiger partial charge in [-0.1, -0.05) is 0 Å². The van der Waals surface area contributed by atoms with Crippen LogP contribution in [0.25, 0.3) is 0 Å². The van der Waals surface area contributed by atoms with Crippen LogP contribution < -0.4 is 10.2 Å². The van der Waals surface area contributed by atoms with Crippen molar-refractivity contribution < 1.29 is 14.3 Å². The number of hydrogen-bond acceptors (Lipinski definition) is 5. The standard InChI is InChI=1S/C16H23N3O3/c1-19(2)13-5-4-10(8-17-13)16(20)18-14-11-6-7-22-15(11)12(14)9-21-3/h4-5,8,11-12,14-15H,6-7,9H2,1-3H3,(H,18,20)/t11-,12-,14-,15-/m0/s1. The molecule has 2 aliphatic rings. The third-order valence-corrected chi connectivity index (χ3v) is 4.65. The number of amides is 1. The van der Waals surface area contributed by atoms with Crippen LogP contribution in [0.1, 0.15) is 16.8 Å². The number of anilines is 1. The number of carbonyl (C=O) groups is 1. The topological polar surface area (TPSA) is 63.7 Å². The minimum atomic E-state index is -0.0748. The number of methoxy groups -OCH3 is 1. The van der Waals surface area contributed by atoms with Gasteiger partial charge in [0.1, 0.15) is 5.82 Å². The van der Waals surface area contributed by atoms with Crippen molar-refractivity contribution in [2.45, 2.75) is 18.6 Å². The van der Waals surface area contributed by atoms with E-state index in [0.29, 0.717) is 18.1 Å². The van der Waals surface area contributed by atoms with Gasteiger partial charge in [-0.05, 0) is 18.6 Å². The minimum Gasteiger partial charge on any atom is -0.384 e. The third-order valence-electron chi connectivity index (χ3n) is 4.65. The normalized spacial score (nSPS) is 29.6. The average molecular weight is 305 g/mol. The maximum atomic E-state index is 12.4. The van der Waals surface area contributed by atoms with Crippen molar-refractivity contribution in [3.63, 3.8) is 0 Å². The van der Waals surface area contributed by atoms with Crippen LogP contribution in [0.15, 0.2) is 18.3 Å². The molecule has 2 heterocycles. The maximum absolute atomic E-state index is 12.4. The second kappa shape index (κ2) is 6.22. The second-order valence-electron chi connectivity index (χ2n) is 6.21. The van der Waals surface area contributed by atoms with Crippen molar-refractivity contribution >= 4 is 11.7 Å². The molecule has 1 amide bonds. The van der Waals surface area contributed by atoms with E-state index in [9.17, 15) is 4.79 Å². The molecule has 1 aromatic rings. The Bertz CT molecular complexity index is 532. The Morgan fingerprint density at radius 2 is 2.32 bits per heavy atom. The number of hydrogen-bond donors (Lipinski definition) is 1. The zero-order valence-corrected chi connectivity index (χ0v) is 13.3. The summed E-state index contributed by atoms with van der Waals surface area (Å²) in [6.45, 7) is 1.39. The Balaban J connectivity index is 1.65. The van der Waals surface area contributed by atoms with Crippen LogP contribution in [0.5, 0.6) is 0 Å². The lowest BCUT2D eigenvalue weighted by atomic mass is 9.67. The lowest BCUT2D eigenvalue weighted by Crippen LogP contribution is -2.62. The van der Waals surface area contributed by atoms with Crippen LogP contribution in [0.3, 0.4) is 0 Å². The van der Waals surface area contributed by atoms with E-state index in [1.807, 2.05) is 31.1 Å². The monoisotopic (exact) mass is 305 g/mol. The molecule has 1 aliphatic heterocycles. The van der Waals surface area contributed by atoms with Crippen molar-refractivity contribution in [3.8, 4) is 0 Å². The molecule has 6 nitrogen and oxygen atoms in total. The quantitative estimate of drug-likeness (QED) is 0.877. The van der Waals surface area contributed by atoms with Gasteiger partial charge in [-0.15, -0.1) is 0 Å². The highest BCUT2D eigenvalue weighted by Gasteiger charge is 2.54. The summed E-state index contributed by atoms with van der Waals surface area (Å²) in [5.74, 6) is 1.42. The van der Waals surface area contributed by atoms with E-state index in [-0.39, 0.29) is 24.0 Å². The molecule has 3 rings (SSSR count). The van der Waals surface area contributed by atoms with E-state index in [1.54, 1.807) is 13.3 Å². The molecule has 2 fully saturated rings. The summed E-state index contributed by atoms with van der Waals surface area (Å²) < 4.78 is 11.0. The molecule has 0 unspecified atom stereocenters. The van der Waals surface area contributed by atoms with Gasteiger partial charge in [-0.3, -0.25) is 4.79 Å². The Hall–Kier alpha value is -1.66. The van der Waals surface area contributed by atoms with Crippen LogP contribution >= 0.6 is 0 Å². The number of aromatic nitrogens is 1. The summed E-state index contributed by atoms with van der Waals surface area (Å²) in [6.07, 6.45) is 2.87. The number of fused-ring (bicyclic) bond motifs is 1. The second-order valence-corrected chi connectivity index (χ2v) is 6.21. The van der Waals surface area contributed by atoms with Crippen molar-refractivity contribution in [3.05, 3.63) is 23.9 Å². The zero-order valence-electron chi connectivity index (χ0n) is 13.3. The van der Waals surface area contributed by atoms with E-state index in [4.69, 9.17) is 9.47 Å². The van der Waals surface area contributed by atoms with Crippen LogP contribution in [-0.4, -0.2) is 57.5 Å². The van der Waals surface area contributed by atoms with E-state index in [1.165, 1.54) is 0 Å². The van der Waals surface area contributed by atoms with E-state index in [0.717, 1.165) is 18.8 Å². The number of nitrogens with zero attached hydrogens (tertiary/aromatic N) is 2. The number of pyridine rings is 1. The lowest BCUT2D eigenvalue weighted by molar-refractivity contribution is -0.0809. The molecule has 0 radical (unpaired) electrons. The maximum Gasteiger partial charge on any atom is 0.253 e. The van der Waals surface area contributed by atoms with Gasteiger partial charge in [0.15, 0.2) is 0 Å².